The lowest BCUT2D eigenvalue weighted by atomic mass is 9.73. The molecule has 3 aliphatic rings. The Balaban J connectivity index is 1.50. The van der Waals surface area contributed by atoms with Crippen LogP contribution in [0.4, 0.5) is 15.8 Å². The zero-order valence-corrected chi connectivity index (χ0v) is 19.9. The predicted molar refractivity (Wildman–Crippen MR) is 130 cm³/mol. The van der Waals surface area contributed by atoms with Crippen molar-refractivity contribution in [2.45, 2.75) is 64.5 Å². The molecule has 176 valence electrons. The van der Waals surface area contributed by atoms with E-state index in [4.69, 9.17) is 0 Å². The zero-order valence-electron chi connectivity index (χ0n) is 19.9. The van der Waals surface area contributed by atoms with Crippen LogP contribution in [0.25, 0.3) is 0 Å². The third-order valence-corrected chi connectivity index (χ3v) is 7.82. The number of carbonyl (C=O) groups excluding carboxylic acids is 1. The van der Waals surface area contributed by atoms with Crippen molar-refractivity contribution < 1.29 is 9.18 Å². The summed E-state index contributed by atoms with van der Waals surface area (Å²) in [7, 11) is 0. The quantitative estimate of drug-likeness (QED) is 0.728. The highest BCUT2D eigenvalue weighted by Gasteiger charge is 2.47. The minimum Gasteiger partial charge on any atom is -0.369 e. The highest BCUT2D eigenvalue weighted by Crippen LogP contribution is 2.51. The van der Waals surface area contributed by atoms with E-state index in [0.29, 0.717) is 23.8 Å². The molecule has 0 unspecified atom stereocenters. The fourth-order valence-electron chi connectivity index (χ4n) is 6.07. The van der Waals surface area contributed by atoms with E-state index in [0.717, 1.165) is 43.9 Å². The maximum absolute atomic E-state index is 13.3. The summed E-state index contributed by atoms with van der Waals surface area (Å²) in [5, 5.41) is 3.52. The number of fused-ring (bicyclic) bond motifs is 1. The van der Waals surface area contributed by atoms with Crippen LogP contribution in [-0.2, 0) is 11.2 Å². The van der Waals surface area contributed by atoms with Crippen LogP contribution in [0, 0.1) is 17.7 Å². The Morgan fingerprint density at radius 1 is 1.21 bits per heavy atom. The Morgan fingerprint density at radius 3 is 2.70 bits per heavy atom. The number of carbonyl (C=O) groups is 1. The average molecular weight is 451 g/mol. The molecule has 1 saturated carbocycles. The topological polar surface area (TPSA) is 48.5 Å². The van der Waals surface area contributed by atoms with Gasteiger partial charge in [-0.15, -0.1) is 0 Å². The van der Waals surface area contributed by atoms with Crippen molar-refractivity contribution in [3.05, 3.63) is 53.6 Å². The third-order valence-electron chi connectivity index (χ3n) is 7.82. The molecule has 6 heteroatoms. The van der Waals surface area contributed by atoms with Crippen molar-refractivity contribution in [1.82, 2.24) is 10.3 Å². The number of benzene rings is 1. The molecule has 2 aliphatic heterocycles. The maximum Gasteiger partial charge on any atom is 0.224 e. The minimum atomic E-state index is -0.295. The average Bonchev–Trinajstić information content (AvgIpc) is 3.63. The van der Waals surface area contributed by atoms with E-state index >= 15 is 0 Å². The molecular formula is C27H35FN4O. The zero-order chi connectivity index (χ0) is 23.1. The Bertz CT molecular complexity index is 1010. The number of aromatic nitrogens is 1. The molecule has 2 aromatic rings. The fraction of sp³-hybridized carbons (Fsp3) is 0.556. The molecule has 5 nitrogen and oxygen atoms in total. The van der Waals surface area contributed by atoms with Gasteiger partial charge in [0.1, 0.15) is 5.82 Å². The number of anilines is 2. The number of hydrogen-bond donors (Lipinski definition) is 1. The van der Waals surface area contributed by atoms with Gasteiger partial charge in [-0.3, -0.25) is 9.78 Å². The van der Waals surface area contributed by atoms with Crippen molar-refractivity contribution in [3.8, 4) is 0 Å². The smallest absolute Gasteiger partial charge is 0.224 e. The largest absolute Gasteiger partial charge is 0.369 e. The second-order valence-electron chi connectivity index (χ2n) is 10.2. The van der Waals surface area contributed by atoms with Crippen LogP contribution in [0.3, 0.4) is 0 Å². The lowest BCUT2D eigenvalue weighted by Crippen LogP contribution is -2.50. The van der Waals surface area contributed by atoms with Crippen LogP contribution in [0.15, 0.2) is 36.5 Å². The van der Waals surface area contributed by atoms with Crippen LogP contribution in [-0.4, -0.2) is 42.6 Å². The molecule has 1 N–H and O–H groups in total. The van der Waals surface area contributed by atoms with Crippen LogP contribution in [0.5, 0.6) is 0 Å². The molecule has 1 aromatic carbocycles. The van der Waals surface area contributed by atoms with Gasteiger partial charge in [0.05, 0.1) is 6.20 Å². The maximum atomic E-state index is 13.3. The lowest BCUT2D eigenvalue weighted by Gasteiger charge is -2.46. The van der Waals surface area contributed by atoms with Gasteiger partial charge >= 0.3 is 0 Å². The molecule has 1 aliphatic carbocycles. The van der Waals surface area contributed by atoms with Gasteiger partial charge in [0.2, 0.25) is 5.91 Å². The molecular weight excluding hydrogens is 415 g/mol. The lowest BCUT2D eigenvalue weighted by molar-refractivity contribution is -0.117. The van der Waals surface area contributed by atoms with E-state index in [1.165, 1.54) is 36.4 Å². The number of halogens is 1. The predicted octanol–water partition coefficient (Wildman–Crippen LogP) is 4.52. The van der Waals surface area contributed by atoms with E-state index in [2.05, 4.69) is 52.1 Å². The molecule has 0 bridgehead atoms. The molecule has 1 amide bonds. The number of piperazine rings is 1. The standard InChI is InChI=1S/C27H35FN4O/c1-17-16-31(13-12-29-17)23-9-11-26-25(14-23)24(10-8-22-7-6-21(28)15-30-22)18(2)27(20-4-5-20)32(26)19(3)33/h6-7,9,11,14-15,17-18,20,24,27,29H,4-5,8,10,12-13,16H2,1-3H3/t17-,18+,24+,27+/m0/s1. The molecule has 4 atom stereocenters. The van der Waals surface area contributed by atoms with Gasteiger partial charge < -0.3 is 15.1 Å². The fourth-order valence-corrected chi connectivity index (χ4v) is 6.07. The SMILES string of the molecule is CC(=O)N1c2ccc(N3CCN[C@@H](C)C3)cc2[C@H](CCc2ccc(F)cn2)[C@@H](C)[C@@H]1C1CC1. The second kappa shape index (κ2) is 9.05. The van der Waals surface area contributed by atoms with Crippen molar-refractivity contribution in [2.24, 2.45) is 11.8 Å². The van der Waals surface area contributed by atoms with E-state index < -0.39 is 0 Å². The van der Waals surface area contributed by atoms with Crippen LogP contribution < -0.4 is 15.1 Å². The van der Waals surface area contributed by atoms with Crippen molar-refractivity contribution in [1.29, 1.82) is 0 Å². The summed E-state index contributed by atoms with van der Waals surface area (Å²) in [4.78, 5) is 21.7. The molecule has 0 radical (unpaired) electrons. The summed E-state index contributed by atoms with van der Waals surface area (Å²) in [5.41, 5.74) is 4.53. The van der Waals surface area contributed by atoms with Gasteiger partial charge in [0, 0.05) is 55.7 Å². The van der Waals surface area contributed by atoms with Gasteiger partial charge in [-0.2, -0.15) is 0 Å². The number of amides is 1. The van der Waals surface area contributed by atoms with Crippen LogP contribution in [0.1, 0.15) is 57.2 Å². The van der Waals surface area contributed by atoms with E-state index in [9.17, 15) is 9.18 Å². The Labute approximate surface area is 196 Å². The Hall–Kier alpha value is -2.47. The molecule has 0 spiro atoms. The Kier molecular flexibility index (Phi) is 6.12. The first-order valence-corrected chi connectivity index (χ1v) is 12.4. The van der Waals surface area contributed by atoms with Crippen molar-refractivity contribution in [3.63, 3.8) is 0 Å². The summed E-state index contributed by atoms with van der Waals surface area (Å²) in [6.45, 7) is 9.22. The Morgan fingerprint density at radius 2 is 2.03 bits per heavy atom. The first-order valence-electron chi connectivity index (χ1n) is 12.4. The monoisotopic (exact) mass is 450 g/mol. The highest BCUT2D eigenvalue weighted by atomic mass is 19.1. The molecule has 1 aromatic heterocycles. The summed E-state index contributed by atoms with van der Waals surface area (Å²) in [6, 6.07) is 10.7. The number of nitrogens with zero attached hydrogens (tertiary/aromatic N) is 3. The third kappa shape index (κ3) is 4.50. The molecule has 3 heterocycles. The first-order chi connectivity index (χ1) is 15.9. The summed E-state index contributed by atoms with van der Waals surface area (Å²) in [5.74, 6) is 1.15. The number of nitrogens with one attached hydrogen (secondary N) is 1. The van der Waals surface area contributed by atoms with Crippen LogP contribution >= 0.6 is 0 Å². The summed E-state index contributed by atoms with van der Waals surface area (Å²) < 4.78 is 13.3. The van der Waals surface area contributed by atoms with Crippen LogP contribution in [0.2, 0.25) is 0 Å². The van der Waals surface area contributed by atoms with Gasteiger partial charge in [0.15, 0.2) is 0 Å². The van der Waals surface area contributed by atoms with Gasteiger partial charge in [-0.1, -0.05) is 6.92 Å². The minimum absolute atomic E-state index is 0.141. The van der Waals surface area contributed by atoms with Gasteiger partial charge in [-0.05, 0) is 86.3 Å². The summed E-state index contributed by atoms with van der Waals surface area (Å²) in [6.07, 6.45) is 5.47. The van der Waals surface area contributed by atoms with E-state index in [1.807, 2.05) is 0 Å². The second-order valence-corrected chi connectivity index (χ2v) is 10.2. The van der Waals surface area contributed by atoms with Gasteiger partial charge in [0.25, 0.3) is 0 Å². The van der Waals surface area contributed by atoms with Gasteiger partial charge in [-0.25, -0.2) is 4.39 Å². The van der Waals surface area contributed by atoms with E-state index in [1.54, 1.807) is 13.0 Å². The van der Waals surface area contributed by atoms with E-state index in [-0.39, 0.29) is 17.8 Å². The first kappa shape index (κ1) is 22.3. The number of rotatable bonds is 5. The normalized spacial score (nSPS) is 27.4. The number of aryl methyl sites for hydroxylation is 1. The summed E-state index contributed by atoms with van der Waals surface area (Å²) >= 11 is 0. The van der Waals surface area contributed by atoms with Crippen molar-refractivity contribution in [2.75, 3.05) is 29.4 Å². The molecule has 5 rings (SSSR count). The molecule has 1 saturated heterocycles. The molecule has 2 fully saturated rings. The number of hydrogen-bond acceptors (Lipinski definition) is 4. The number of pyridine rings is 1. The highest BCUT2D eigenvalue weighted by molar-refractivity contribution is 5.94. The molecule has 33 heavy (non-hydrogen) atoms. The van der Waals surface area contributed by atoms with Crippen molar-refractivity contribution >= 4 is 17.3 Å².